The Bertz CT molecular complexity index is 570. The zero-order valence-electron chi connectivity index (χ0n) is 10.6. The minimum absolute atomic E-state index is 0.152. The van der Waals surface area contributed by atoms with Gasteiger partial charge in [-0.05, 0) is 28.8 Å². The van der Waals surface area contributed by atoms with Gasteiger partial charge in [0, 0.05) is 13.1 Å². The molecule has 0 aliphatic carbocycles. The number of aliphatic hydroxyl groups excluding tert-OH is 1. The second-order valence-corrected chi connectivity index (χ2v) is 4.29. The Kier molecular flexibility index (Phi) is 4.68. The van der Waals surface area contributed by atoms with Crippen LogP contribution in [-0.2, 0) is 6.54 Å². The predicted octanol–water partition coefficient (Wildman–Crippen LogP) is 2.31. The van der Waals surface area contributed by atoms with Crippen LogP contribution in [0.3, 0.4) is 0 Å². The van der Waals surface area contributed by atoms with Crippen LogP contribution in [0.15, 0.2) is 48.5 Å². The summed E-state index contributed by atoms with van der Waals surface area (Å²) in [6.45, 7) is 1.50. The van der Waals surface area contributed by atoms with Gasteiger partial charge in [0.05, 0.1) is 18.2 Å². The van der Waals surface area contributed by atoms with Gasteiger partial charge in [-0.3, -0.25) is 0 Å². The van der Waals surface area contributed by atoms with Crippen LogP contribution in [0.5, 0.6) is 0 Å². The van der Waals surface area contributed by atoms with E-state index in [1.165, 1.54) is 5.56 Å². The summed E-state index contributed by atoms with van der Waals surface area (Å²) in [6, 6.07) is 17.9. The molecule has 3 nitrogen and oxygen atoms in total. The maximum Gasteiger partial charge on any atom is 0.0991 e. The van der Waals surface area contributed by atoms with Crippen LogP contribution in [0, 0.1) is 11.3 Å². The van der Waals surface area contributed by atoms with E-state index in [1.807, 2.05) is 30.3 Å². The van der Waals surface area contributed by atoms with Crippen LogP contribution in [0.2, 0.25) is 0 Å². The molecular formula is C16H16N2O. The normalized spacial score (nSPS) is 10.1. The highest BCUT2D eigenvalue weighted by atomic mass is 16.3. The molecule has 2 aromatic rings. The molecule has 2 N–H and O–H groups in total. The van der Waals surface area contributed by atoms with Crippen molar-refractivity contribution in [2.75, 3.05) is 13.2 Å². The molecular weight excluding hydrogens is 236 g/mol. The minimum Gasteiger partial charge on any atom is -0.395 e. The number of aliphatic hydroxyl groups is 1. The molecule has 3 heteroatoms. The molecule has 0 saturated heterocycles. The molecule has 0 saturated carbocycles. The Labute approximate surface area is 113 Å². The molecule has 0 radical (unpaired) electrons. The van der Waals surface area contributed by atoms with Crippen molar-refractivity contribution < 1.29 is 5.11 Å². The van der Waals surface area contributed by atoms with E-state index in [2.05, 4.69) is 23.5 Å². The molecule has 0 bridgehead atoms. The Morgan fingerprint density at radius 1 is 1.05 bits per heavy atom. The first kappa shape index (κ1) is 13.3. The van der Waals surface area contributed by atoms with Crippen molar-refractivity contribution in [3.63, 3.8) is 0 Å². The molecule has 0 aliphatic rings. The summed E-state index contributed by atoms with van der Waals surface area (Å²) in [7, 11) is 0. The van der Waals surface area contributed by atoms with Gasteiger partial charge in [0.2, 0.25) is 0 Å². The monoisotopic (exact) mass is 252 g/mol. The highest BCUT2D eigenvalue weighted by molar-refractivity contribution is 5.65. The Morgan fingerprint density at radius 3 is 2.53 bits per heavy atom. The third-order valence-corrected chi connectivity index (χ3v) is 2.90. The van der Waals surface area contributed by atoms with Gasteiger partial charge in [-0.2, -0.15) is 5.26 Å². The van der Waals surface area contributed by atoms with Crippen molar-refractivity contribution in [1.82, 2.24) is 5.32 Å². The van der Waals surface area contributed by atoms with Gasteiger partial charge >= 0.3 is 0 Å². The van der Waals surface area contributed by atoms with E-state index < -0.39 is 0 Å². The molecule has 0 fully saturated rings. The lowest BCUT2D eigenvalue weighted by Crippen LogP contribution is -2.17. The average molecular weight is 252 g/mol. The van der Waals surface area contributed by atoms with Crippen LogP contribution in [0.25, 0.3) is 11.1 Å². The lowest BCUT2D eigenvalue weighted by Gasteiger charge is -2.06. The second kappa shape index (κ2) is 6.69. The smallest absolute Gasteiger partial charge is 0.0991 e. The van der Waals surface area contributed by atoms with Crippen LogP contribution in [0.4, 0.5) is 0 Å². The van der Waals surface area contributed by atoms with E-state index in [4.69, 9.17) is 10.4 Å². The molecule has 2 rings (SSSR count). The number of nitrogens with zero attached hydrogens (tertiary/aromatic N) is 1. The summed E-state index contributed by atoms with van der Waals surface area (Å²) in [6.07, 6.45) is 0. The maximum atomic E-state index is 8.89. The second-order valence-electron chi connectivity index (χ2n) is 4.29. The number of hydrogen-bond acceptors (Lipinski definition) is 3. The third-order valence-electron chi connectivity index (χ3n) is 2.90. The molecule has 0 atom stereocenters. The summed E-state index contributed by atoms with van der Waals surface area (Å²) in [5.41, 5.74) is 4.00. The summed E-state index contributed by atoms with van der Waals surface area (Å²) < 4.78 is 0. The molecule has 19 heavy (non-hydrogen) atoms. The first-order chi connectivity index (χ1) is 9.33. The Hall–Kier alpha value is -2.15. The maximum absolute atomic E-state index is 8.89. The Balaban J connectivity index is 2.11. The summed E-state index contributed by atoms with van der Waals surface area (Å²) in [5.74, 6) is 0. The SMILES string of the molecule is N#Cc1cccc(-c2ccc(CNCCO)cc2)c1. The first-order valence-corrected chi connectivity index (χ1v) is 6.24. The van der Waals surface area contributed by atoms with E-state index in [1.54, 1.807) is 6.07 Å². The van der Waals surface area contributed by atoms with Gasteiger partial charge in [0.15, 0.2) is 0 Å². The first-order valence-electron chi connectivity index (χ1n) is 6.24. The zero-order chi connectivity index (χ0) is 13.5. The summed E-state index contributed by atoms with van der Waals surface area (Å²) in [5, 5.41) is 20.7. The topological polar surface area (TPSA) is 56.0 Å². The van der Waals surface area contributed by atoms with Crippen molar-refractivity contribution in [2.24, 2.45) is 0 Å². The molecule has 0 aliphatic heterocycles. The van der Waals surface area contributed by atoms with Gasteiger partial charge in [-0.25, -0.2) is 0 Å². The fourth-order valence-corrected chi connectivity index (χ4v) is 1.90. The van der Waals surface area contributed by atoms with Gasteiger partial charge in [0.25, 0.3) is 0 Å². The number of rotatable bonds is 5. The van der Waals surface area contributed by atoms with Crippen molar-refractivity contribution >= 4 is 0 Å². The molecule has 96 valence electrons. The van der Waals surface area contributed by atoms with E-state index in [0.717, 1.165) is 17.7 Å². The fraction of sp³-hybridized carbons (Fsp3) is 0.188. The van der Waals surface area contributed by atoms with Crippen LogP contribution >= 0.6 is 0 Å². The molecule has 0 heterocycles. The van der Waals surface area contributed by atoms with Gasteiger partial charge in [0.1, 0.15) is 0 Å². The average Bonchev–Trinajstić information content (AvgIpc) is 2.48. The summed E-state index contributed by atoms with van der Waals surface area (Å²) in [4.78, 5) is 0. The number of nitriles is 1. The quantitative estimate of drug-likeness (QED) is 0.803. The van der Waals surface area contributed by atoms with Crippen molar-refractivity contribution in [1.29, 1.82) is 5.26 Å². The van der Waals surface area contributed by atoms with Crippen molar-refractivity contribution in [2.45, 2.75) is 6.54 Å². The predicted molar refractivity (Wildman–Crippen MR) is 75.4 cm³/mol. The van der Waals surface area contributed by atoms with E-state index in [9.17, 15) is 0 Å². The molecule has 2 aromatic carbocycles. The molecule has 0 unspecified atom stereocenters. The minimum atomic E-state index is 0.152. The number of nitrogens with one attached hydrogen (secondary N) is 1. The summed E-state index contributed by atoms with van der Waals surface area (Å²) >= 11 is 0. The van der Waals surface area contributed by atoms with Gasteiger partial charge < -0.3 is 10.4 Å². The fourth-order valence-electron chi connectivity index (χ4n) is 1.90. The van der Waals surface area contributed by atoms with Gasteiger partial charge in [-0.1, -0.05) is 36.4 Å². The molecule has 0 amide bonds. The van der Waals surface area contributed by atoms with Crippen molar-refractivity contribution in [3.8, 4) is 17.2 Å². The highest BCUT2D eigenvalue weighted by Crippen LogP contribution is 2.20. The molecule has 0 aromatic heterocycles. The number of benzene rings is 2. The number of hydrogen-bond donors (Lipinski definition) is 2. The third kappa shape index (κ3) is 3.65. The lowest BCUT2D eigenvalue weighted by atomic mass is 10.0. The Morgan fingerprint density at radius 2 is 1.84 bits per heavy atom. The van der Waals surface area contributed by atoms with E-state index in [0.29, 0.717) is 12.1 Å². The van der Waals surface area contributed by atoms with E-state index in [-0.39, 0.29) is 6.61 Å². The van der Waals surface area contributed by atoms with Crippen LogP contribution < -0.4 is 5.32 Å². The highest BCUT2D eigenvalue weighted by Gasteiger charge is 1.99. The van der Waals surface area contributed by atoms with Crippen LogP contribution in [-0.4, -0.2) is 18.3 Å². The standard InChI is InChI=1S/C16H16N2O/c17-11-14-2-1-3-16(10-14)15-6-4-13(5-7-15)12-18-8-9-19/h1-7,10,18-19H,8-9,12H2. The zero-order valence-corrected chi connectivity index (χ0v) is 10.6. The largest absolute Gasteiger partial charge is 0.395 e. The lowest BCUT2D eigenvalue weighted by molar-refractivity contribution is 0.292. The van der Waals surface area contributed by atoms with Crippen LogP contribution in [0.1, 0.15) is 11.1 Å². The molecule has 0 spiro atoms. The van der Waals surface area contributed by atoms with Gasteiger partial charge in [-0.15, -0.1) is 0 Å². The van der Waals surface area contributed by atoms with E-state index >= 15 is 0 Å². The van der Waals surface area contributed by atoms with Crippen molar-refractivity contribution in [3.05, 3.63) is 59.7 Å².